The number of halogens is 4. The van der Waals surface area contributed by atoms with Gasteiger partial charge in [-0.2, -0.15) is 27.9 Å². The minimum Gasteiger partial charge on any atom is -0.464 e. The molecule has 3 aromatic heterocycles. The Kier molecular flexibility index (Phi) is 7.01. The molecule has 0 aliphatic carbocycles. The number of nitrogens with zero attached hydrogens (tertiary/aromatic N) is 6. The fourth-order valence-corrected chi connectivity index (χ4v) is 3.24. The fraction of sp³-hybridized carbons (Fsp3) is 0.450. The van der Waals surface area contributed by atoms with Crippen molar-refractivity contribution >= 4 is 11.6 Å². The fourth-order valence-electron chi connectivity index (χ4n) is 3.24. The van der Waals surface area contributed by atoms with Crippen LogP contribution >= 0.6 is 0 Å². The number of aliphatic hydroxyl groups excluding tert-OH is 1. The van der Waals surface area contributed by atoms with E-state index in [2.05, 4.69) is 20.5 Å². The summed E-state index contributed by atoms with van der Waals surface area (Å²) in [6, 6.07) is 0.604. The lowest BCUT2D eigenvalue weighted by molar-refractivity contribution is -0.190. The van der Waals surface area contributed by atoms with Crippen molar-refractivity contribution in [3.05, 3.63) is 45.1 Å². The maximum Gasteiger partial charge on any atom is 0.425 e. The van der Waals surface area contributed by atoms with Gasteiger partial charge < -0.3 is 15.2 Å². The van der Waals surface area contributed by atoms with Crippen LogP contribution in [0.15, 0.2) is 10.9 Å². The number of ether oxygens (including phenoxy) is 1. The Morgan fingerprint density at radius 3 is 2.43 bits per heavy atom. The van der Waals surface area contributed by atoms with Crippen molar-refractivity contribution in [1.82, 2.24) is 29.1 Å². The number of rotatable bonds is 7. The van der Waals surface area contributed by atoms with E-state index in [1.165, 1.54) is 4.68 Å². The van der Waals surface area contributed by atoms with E-state index in [0.29, 0.717) is 29.1 Å². The average Bonchev–Trinajstić information content (AvgIpc) is 3.23. The van der Waals surface area contributed by atoms with Crippen molar-refractivity contribution in [3.8, 4) is 11.7 Å². The van der Waals surface area contributed by atoms with Crippen LogP contribution in [0, 0.1) is 19.7 Å². The zero-order valence-electron chi connectivity index (χ0n) is 19.4. The van der Waals surface area contributed by atoms with Crippen LogP contribution in [0.5, 0.6) is 5.88 Å². The summed E-state index contributed by atoms with van der Waals surface area (Å²) >= 11 is 0. The number of pyridine rings is 1. The zero-order valence-corrected chi connectivity index (χ0v) is 19.4. The van der Waals surface area contributed by atoms with Gasteiger partial charge in [0, 0.05) is 13.6 Å². The standard InChI is InChI=1S/C20H23F4N7O4/c1-6-30-14(8-32)28-31(19(30)34)16-13(21)7-12(18(26-16)35-11(4)20(22,23)24)17(33)25-15-9(2)27-29(5)10(15)3/h7,11,32H,6,8H2,1-5H3,(H,25,33)/t11-/m0/s1. The normalized spacial score (nSPS) is 12.6. The molecular formula is C20H23F4N7O4. The molecule has 3 rings (SSSR count). The van der Waals surface area contributed by atoms with Gasteiger partial charge in [0.25, 0.3) is 5.91 Å². The molecule has 0 saturated carbocycles. The molecule has 2 N–H and O–H groups in total. The smallest absolute Gasteiger partial charge is 0.425 e. The highest BCUT2D eigenvalue weighted by molar-refractivity contribution is 6.06. The van der Waals surface area contributed by atoms with Crippen molar-refractivity contribution in [2.45, 2.75) is 53.1 Å². The Labute approximate surface area is 196 Å². The predicted octanol–water partition coefficient (Wildman–Crippen LogP) is 2.01. The number of nitrogens with one attached hydrogen (secondary N) is 1. The quantitative estimate of drug-likeness (QED) is 0.474. The third kappa shape index (κ3) is 4.89. The highest BCUT2D eigenvalue weighted by Gasteiger charge is 2.39. The van der Waals surface area contributed by atoms with Crippen LogP contribution in [0.2, 0.25) is 0 Å². The molecular weight excluding hydrogens is 478 g/mol. The Hall–Kier alpha value is -3.75. The molecule has 0 aliphatic heterocycles. The first-order chi connectivity index (χ1) is 16.3. The molecule has 0 aliphatic rings. The number of aromatic nitrogens is 6. The van der Waals surface area contributed by atoms with Gasteiger partial charge in [0.15, 0.2) is 23.6 Å². The van der Waals surface area contributed by atoms with E-state index in [9.17, 15) is 27.9 Å². The van der Waals surface area contributed by atoms with Crippen molar-refractivity contribution in [3.63, 3.8) is 0 Å². The van der Waals surface area contributed by atoms with Crippen molar-refractivity contribution < 1.29 is 32.2 Å². The SMILES string of the molecule is CCn1c(CO)nn(-c2nc(O[C@@H](C)C(F)(F)F)c(C(=O)Nc3c(C)nn(C)c3C)cc2F)c1=O. The maximum atomic E-state index is 15.1. The molecule has 190 valence electrons. The van der Waals surface area contributed by atoms with Crippen LogP contribution in [-0.4, -0.2) is 52.4 Å². The van der Waals surface area contributed by atoms with Crippen LogP contribution in [0.1, 0.15) is 41.4 Å². The van der Waals surface area contributed by atoms with Gasteiger partial charge in [-0.3, -0.25) is 14.0 Å². The minimum atomic E-state index is -4.83. The van der Waals surface area contributed by atoms with Gasteiger partial charge in [-0.15, -0.1) is 5.10 Å². The summed E-state index contributed by atoms with van der Waals surface area (Å²) in [6.45, 7) is 4.93. The number of alkyl halides is 3. The highest BCUT2D eigenvalue weighted by atomic mass is 19.4. The second-order valence-electron chi connectivity index (χ2n) is 7.58. The third-order valence-electron chi connectivity index (χ3n) is 5.26. The highest BCUT2D eigenvalue weighted by Crippen LogP contribution is 2.29. The van der Waals surface area contributed by atoms with Crippen LogP contribution < -0.4 is 15.7 Å². The minimum absolute atomic E-state index is 0.0785. The van der Waals surface area contributed by atoms with E-state index in [1.54, 1.807) is 27.8 Å². The molecule has 35 heavy (non-hydrogen) atoms. The number of aliphatic hydroxyl groups is 1. The summed E-state index contributed by atoms with van der Waals surface area (Å²) < 4.78 is 62.5. The molecule has 1 atom stereocenters. The van der Waals surface area contributed by atoms with Gasteiger partial charge in [0.05, 0.1) is 17.1 Å². The molecule has 3 heterocycles. The molecule has 0 radical (unpaired) electrons. The first-order valence-corrected chi connectivity index (χ1v) is 10.4. The molecule has 0 unspecified atom stereocenters. The summed E-state index contributed by atoms with van der Waals surface area (Å²) in [5, 5.41) is 19.8. The lowest BCUT2D eigenvalue weighted by atomic mass is 10.2. The molecule has 11 nitrogen and oxygen atoms in total. The molecule has 3 aromatic rings. The van der Waals surface area contributed by atoms with Crippen LogP contribution in [-0.2, 0) is 20.2 Å². The lowest BCUT2D eigenvalue weighted by Crippen LogP contribution is -2.33. The van der Waals surface area contributed by atoms with Gasteiger partial charge in [0.2, 0.25) is 5.88 Å². The maximum absolute atomic E-state index is 15.1. The number of anilines is 1. The molecule has 0 saturated heterocycles. The zero-order chi connectivity index (χ0) is 26.2. The van der Waals surface area contributed by atoms with Crippen LogP contribution in [0.3, 0.4) is 0 Å². The number of hydrogen-bond acceptors (Lipinski definition) is 7. The summed E-state index contributed by atoms with van der Waals surface area (Å²) in [7, 11) is 1.63. The number of carbonyl (C=O) groups is 1. The Balaban J connectivity index is 2.15. The second kappa shape index (κ2) is 9.48. The first-order valence-electron chi connectivity index (χ1n) is 10.4. The summed E-state index contributed by atoms with van der Waals surface area (Å²) in [5.74, 6) is -4.02. The molecule has 15 heteroatoms. The largest absolute Gasteiger partial charge is 0.464 e. The molecule has 0 fully saturated rings. The number of carbonyl (C=O) groups excluding carboxylic acids is 1. The summed E-state index contributed by atoms with van der Waals surface area (Å²) in [6.07, 6.45) is -7.25. The number of aryl methyl sites for hydroxylation is 2. The molecule has 0 spiro atoms. The van der Waals surface area contributed by atoms with Gasteiger partial charge in [0.1, 0.15) is 12.2 Å². The van der Waals surface area contributed by atoms with Crippen molar-refractivity contribution in [1.29, 1.82) is 0 Å². The van der Waals surface area contributed by atoms with Gasteiger partial charge in [-0.1, -0.05) is 0 Å². The first kappa shape index (κ1) is 25.9. The van der Waals surface area contributed by atoms with E-state index in [1.807, 2.05) is 0 Å². The van der Waals surface area contributed by atoms with E-state index in [0.717, 1.165) is 4.57 Å². The Morgan fingerprint density at radius 2 is 1.94 bits per heavy atom. The monoisotopic (exact) mass is 501 g/mol. The average molecular weight is 501 g/mol. The predicted molar refractivity (Wildman–Crippen MR) is 114 cm³/mol. The topological polar surface area (TPSA) is 129 Å². The second-order valence-corrected chi connectivity index (χ2v) is 7.58. The lowest BCUT2D eigenvalue weighted by Gasteiger charge is -2.19. The van der Waals surface area contributed by atoms with Gasteiger partial charge in [-0.05, 0) is 33.8 Å². The van der Waals surface area contributed by atoms with Crippen molar-refractivity contribution in [2.75, 3.05) is 5.32 Å². The Morgan fingerprint density at radius 1 is 1.29 bits per heavy atom. The molecule has 0 bridgehead atoms. The van der Waals surface area contributed by atoms with Crippen molar-refractivity contribution in [2.24, 2.45) is 7.05 Å². The molecule has 0 aromatic carbocycles. The molecule has 1 amide bonds. The van der Waals surface area contributed by atoms with E-state index >= 15 is 4.39 Å². The van der Waals surface area contributed by atoms with Crippen LogP contribution in [0.25, 0.3) is 5.82 Å². The van der Waals surface area contributed by atoms with Crippen LogP contribution in [0.4, 0.5) is 23.2 Å². The Bertz CT molecular complexity index is 1330. The summed E-state index contributed by atoms with van der Waals surface area (Å²) in [5.41, 5.74) is -0.294. The number of hydrogen-bond donors (Lipinski definition) is 2. The number of amides is 1. The van der Waals surface area contributed by atoms with E-state index in [-0.39, 0.29) is 18.1 Å². The van der Waals surface area contributed by atoms with E-state index in [4.69, 9.17) is 4.74 Å². The summed E-state index contributed by atoms with van der Waals surface area (Å²) in [4.78, 5) is 29.3. The van der Waals surface area contributed by atoms with Gasteiger partial charge >= 0.3 is 11.9 Å². The third-order valence-corrected chi connectivity index (χ3v) is 5.26. The van der Waals surface area contributed by atoms with E-state index < -0.39 is 53.6 Å². The van der Waals surface area contributed by atoms with Gasteiger partial charge in [-0.25, -0.2) is 9.18 Å².